The van der Waals surface area contributed by atoms with E-state index < -0.39 is 0 Å². The van der Waals surface area contributed by atoms with Gasteiger partial charge in [-0.1, -0.05) is 18.5 Å². The SMILES string of the molecule is CCc1cnccc1-c1noc(C2CCCCN2)n1. The van der Waals surface area contributed by atoms with Crippen molar-refractivity contribution < 1.29 is 4.52 Å². The Kier molecular flexibility index (Phi) is 3.55. The van der Waals surface area contributed by atoms with E-state index in [0.29, 0.717) is 11.7 Å². The van der Waals surface area contributed by atoms with E-state index >= 15 is 0 Å². The van der Waals surface area contributed by atoms with Crippen LogP contribution in [-0.4, -0.2) is 21.7 Å². The first-order chi connectivity index (χ1) is 9.38. The van der Waals surface area contributed by atoms with Crippen molar-refractivity contribution in [3.05, 3.63) is 29.9 Å². The lowest BCUT2D eigenvalue weighted by molar-refractivity contribution is 0.297. The van der Waals surface area contributed by atoms with Gasteiger partial charge in [-0.3, -0.25) is 4.98 Å². The maximum atomic E-state index is 5.41. The van der Waals surface area contributed by atoms with Gasteiger partial charge in [0, 0.05) is 18.0 Å². The summed E-state index contributed by atoms with van der Waals surface area (Å²) in [5.41, 5.74) is 2.16. The minimum Gasteiger partial charge on any atom is -0.337 e. The topological polar surface area (TPSA) is 63.8 Å². The van der Waals surface area contributed by atoms with Gasteiger partial charge in [-0.05, 0) is 37.4 Å². The van der Waals surface area contributed by atoms with Crippen molar-refractivity contribution in [2.24, 2.45) is 0 Å². The van der Waals surface area contributed by atoms with E-state index in [0.717, 1.165) is 30.5 Å². The smallest absolute Gasteiger partial charge is 0.244 e. The van der Waals surface area contributed by atoms with Crippen LogP contribution in [0.1, 0.15) is 43.7 Å². The second kappa shape index (κ2) is 5.48. The van der Waals surface area contributed by atoms with Crippen LogP contribution in [0.25, 0.3) is 11.4 Å². The van der Waals surface area contributed by atoms with Crippen LogP contribution < -0.4 is 5.32 Å². The fraction of sp³-hybridized carbons (Fsp3) is 0.500. The highest BCUT2D eigenvalue weighted by Crippen LogP contribution is 2.25. The van der Waals surface area contributed by atoms with Gasteiger partial charge < -0.3 is 9.84 Å². The van der Waals surface area contributed by atoms with Crippen molar-refractivity contribution in [2.45, 2.75) is 38.6 Å². The first-order valence-corrected chi connectivity index (χ1v) is 6.88. The molecule has 0 aliphatic carbocycles. The van der Waals surface area contributed by atoms with E-state index in [-0.39, 0.29) is 6.04 Å². The molecular formula is C14H18N4O. The van der Waals surface area contributed by atoms with Crippen molar-refractivity contribution in [1.82, 2.24) is 20.4 Å². The highest BCUT2D eigenvalue weighted by Gasteiger charge is 2.21. The molecule has 1 atom stereocenters. The summed E-state index contributed by atoms with van der Waals surface area (Å²) in [6.45, 7) is 3.13. The summed E-state index contributed by atoms with van der Waals surface area (Å²) in [5.74, 6) is 1.37. The zero-order valence-electron chi connectivity index (χ0n) is 11.1. The third kappa shape index (κ3) is 2.51. The predicted molar refractivity (Wildman–Crippen MR) is 71.5 cm³/mol. The molecule has 5 heteroatoms. The van der Waals surface area contributed by atoms with Crippen LogP contribution >= 0.6 is 0 Å². The number of hydrogen-bond acceptors (Lipinski definition) is 5. The highest BCUT2D eigenvalue weighted by molar-refractivity contribution is 5.58. The van der Waals surface area contributed by atoms with Gasteiger partial charge >= 0.3 is 0 Å². The minimum atomic E-state index is 0.210. The van der Waals surface area contributed by atoms with Gasteiger partial charge in [0.1, 0.15) is 0 Å². The molecule has 2 aromatic rings. The van der Waals surface area contributed by atoms with E-state index in [2.05, 4.69) is 27.4 Å². The summed E-state index contributed by atoms with van der Waals surface area (Å²) in [7, 11) is 0. The van der Waals surface area contributed by atoms with Crippen LogP contribution in [0.4, 0.5) is 0 Å². The predicted octanol–water partition coefficient (Wildman–Crippen LogP) is 2.51. The number of nitrogens with zero attached hydrogens (tertiary/aromatic N) is 3. The first kappa shape index (κ1) is 12.3. The molecule has 1 fully saturated rings. The number of piperidine rings is 1. The number of pyridine rings is 1. The molecule has 1 aliphatic heterocycles. The monoisotopic (exact) mass is 258 g/mol. The molecular weight excluding hydrogens is 240 g/mol. The fourth-order valence-corrected chi connectivity index (χ4v) is 2.48. The summed E-state index contributed by atoms with van der Waals surface area (Å²) < 4.78 is 5.41. The highest BCUT2D eigenvalue weighted by atomic mass is 16.5. The van der Waals surface area contributed by atoms with Gasteiger partial charge in [0.15, 0.2) is 0 Å². The quantitative estimate of drug-likeness (QED) is 0.916. The maximum Gasteiger partial charge on any atom is 0.244 e. The summed E-state index contributed by atoms with van der Waals surface area (Å²) in [6.07, 6.45) is 8.05. The van der Waals surface area contributed by atoms with Crippen LogP contribution in [0.15, 0.2) is 23.0 Å². The van der Waals surface area contributed by atoms with Gasteiger partial charge in [0.2, 0.25) is 11.7 Å². The average molecular weight is 258 g/mol. The first-order valence-electron chi connectivity index (χ1n) is 6.88. The van der Waals surface area contributed by atoms with Gasteiger partial charge in [-0.15, -0.1) is 0 Å². The van der Waals surface area contributed by atoms with Gasteiger partial charge in [0.05, 0.1) is 6.04 Å². The average Bonchev–Trinajstić information content (AvgIpc) is 2.98. The molecule has 3 rings (SSSR count). The number of aromatic nitrogens is 3. The largest absolute Gasteiger partial charge is 0.337 e. The van der Waals surface area contributed by atoms with Crippen LogP contribution in [0.3, 0.4) is 0 Å². The minimum absolute atomic E-state index is 0.210. The number of nitrogens with one attached hydrogen (secondary N) is 1. The molecule has 19 heavy (non-hydrogen) atoms. The van der Waals surface area contributed by atoms with Crippen molar-refractivity contribution in [3.8, 4) is 11.4 Å². The zero-order valence-corrected chi connectivity index (χ0v) is 11.1. The Morgan fingerprint density at radius 3 is 3.16 bits per heavy atom. The van der Waals surface area contributed by atoms with Crippen LogP contribution in [0.2, 0.25) is 0 Å². The lowest BCUT2D eigenvalue weighted by Crippen LogP contribution is -2.26. The molecule has 1 N–H and O–H groups in total. The van der Waals surface area contributed by atoms with Crippen molar-refractivity contribution in [1.29, 1.82) is 0 Å². The molecule has 0 amide bonds. The van der Waals surface area contributed by atoms with Crippen molar-refractivity contribution in [3.63, 3.8) is 0 Å². The molecule has 100 valence electrons. The van der Waals surface area contributed by atoms with E-state index in [1.807, 2.05) is 12.3 Å². The van der Waals surface area contributed by atoms with E-state index in [1.54, 1.807) is 6.20 Å². The molecule has 0 bridgehead atoms. The van der Waals surface area contributed by atoms with Gasteiger partial charge in [0.25, 0.3) is 0 Å². The fourth-order valence-electron chi connectivity index (χ4n) is 2.48. The molecule has 2 aromatic heterocycles. The van der Waals surface area contributed by atoms with E-state index in [1.165, 1.54) is 12.8 Å². The maximum absolute atomic E-state index is 5.41. The molecule has 1 saturated heterocycles. The molecule has 1 unspecified atom stereocenters. The second-order valence-electron chi connectivity index (χ2n) is 4.85. The Balaban J connectivity index is 1.88. The third-order valence-electron chi connectivity index (χ3n) is 3.58. The van der Waals surface area contributed by atoms with Crippen molar-refractivity contribution in [2.75, 3.05) is 6.54 Å². The number of hydrogen-bond donors (Lipinski definition) is 1. The Labute approximate surface area is 112 Å². The van der Waals surface area contributed by atoms with Crippen LogP contribution in [-0.2, 0) is 6.42 Å². The lowest BCUT2D eigenvalue weighted by atomic mass is 10.1. The van der Waals surface area contributed by atoms with Crippen LogP contribution in [0, 0.1) is 0 Å². The van der Waals surface area contributed by atoms with Crippen molar-refractivity contribution >= 4 is 0 Å². The normalized spacial score (nSPS) is 19.5. The molecule has 0 saturated carbocycles. The molecule has 1 aliphatic rings. The number of aryl methyl sites for hydroxylation is 1. The Morgan fingerprint density at radius 1 is 1.42 bits per heavy atom. The van der Waals surface area contributed by atoms with Gasteiger partial charge in [-0.25, -0.2) is 0 Å². The van der Waals surface area contributed by atoms with Crippen LogP contribution in [0.5, 0.6) is 0 Å². The zero-order chi connectivity index (χ0) is 13.1. The molecule has 5 nitrogen and oxygen atoms in total. The third-order valence-corrected chi connectivity index (χ3v) is 3.58. The molecule has 0 radical (unpaired) electrons. The summed E-state index contributed by atoms with van der Waals surface area (Å²) >= 11 is 0. The summed E-state index contributed by atoms with van der Waals surface area (Å²) in [4.78, 5) is 8.68. The summed E-state index contributed by atoms with van der Waals surface area (Å²) in [6, 6.07) is 2.16. The molecule has 3 heterocycles. The van der Waals surface area contributed by atoms with E-state index in [9.17, 15) is 0 Å². The second-order valence-corrected chi connectivity index (χ2v) is 4.85. The number of rotatable bonds is 3. The summed E-state index contributed by atoms with van der Waals surface area (Å²) in [5, 5.41) is 7.54. The van der Waals surface area contributed by atoms with E-state index in [4.69, 9.17) is 4.52 Å². The Bertz CT molecular complexity index is 546. The lowest BCUT2D eigenvalue weighted by Gasteiger charge is -2.19. The molecule has 0 aromatic carbocycles. The molecule has 0 spiro atoms. The standard InChI is InChI=1S/C14H18N4O/c1-2-10-9-15-8-6-11(10)13-17-14(19-18-13)12-5-3-4-7-16-12/h6,8-9,12,16H,2-5,7H2,1H3. The Morgan fingerprint density at radius 2 is 2.37 bits per heavy atom. The van der Waals surface area contributed by atoms with Gasteiger partial charge in [-0.2, -0.15) is 4.98 Å². The Hall–Kier alpha value is -1.75.